The Kier molecular flexibility index (Phi) is 5.13. The van der Waals surface area contributed by atoms with Crippen molar-refractivity contribution in [2.75, 3.05) is 24.6 Å². The number of fused-ring (bicyclic) bond motifs is 3. The number of hydrogen-bond acceptors (Lipinski definition) is 5. The molecule has 27 heavy (non-hydrogen) atoms. The SMILES string of the molecule is O=C(NC[C@H]1CCCO1)c1cc2c(cc1Cl)N1CCCCCC1=NS2(=O)=O. The minimum Gasteiger partial charge on any atom is -0.376 e. The Labute approximate surface area is 163 Å². The van der Waals surface area contributed by atoms with Crippen LogP contribution < -0.4 is 10.2 Å². The number of benzene rings is 1. The third-order valence-electron chi connectivity index (χ3n) is 5.20. The number of carbonyl (C=O) groups is 1. The van der Waals surface area contributed by atoms with Crippen molar-refractivity contribution in [2.24, 2.45) is 4.40 Å². The number of amidine groups is 1. The maximum absolute atomic E-state index is 12.7. The Balaban J connectivity index is 1.65. The van der Waals surface area contributed by atoms with E-state index in [0.29, 0.717) is 37.6 Å². The lowest BCUT2D eigenvalue weighted by atomic mass is 10.1. The molecule has 3 aliphatic heterocycles. The van der Waals surface area contributed by atoms with Gasteiger partial charge < -0.3 is 15.0 Å². The summed E-state index contributed by atoms with van der Waals surface area (Å²) in [6, 6.07) is 2.93. The molecule has 9 heteroatoms. The van der Waals surface area contributed by atoms with Crippen LogP contribution in [0.2, 0.25) is 5.02 Å². The number of anilines is 1. The summed E-state index contributed by atoms with van der Waals surface area (Å²) in [4.78, 5) is 14.5. The largest absolute Gasteiger partial charge is 0.376 e. The van der Waals surface area contributed by atoms with Crippen LogP contribution in [0.15, 0.2) is 21.4 Å². The second-order valence-corrected chi connectivity index (χ2v) is 9.07. The molecule has 2 fully saturated rings. The molecular formula is C18H22ClN3O4S. The fourth-order valence-electron chi connectivity index (χ4n) is 3.78. The van der Waals surface area contributed by atoms with Crippen molar-refractivity contribution in [1.29, 1.82) is 0 Å². The van der Waals surface area contributed by atoms with Crippen LogP contribution in [0.1, 0.15) is 48.9 Å². The predicted octanol–water partition coefficient (Wildman–Crippen LogP) is 2.73. The first-order valence-corrected chi connectivity index (χ1v) is 11.1. The highest BCUT2D eigenvalue weighted by atomic mass is 35.5. The monoisotopic (exact) mass is 411 g/mol. The molecule has 1 N–H and O–H groups in total. The average molecular weight is 412 g/mol. The molecule has 1 aromatic rings. The maximum Gasteiger partial charge on any atom is 0.286 e. The molecule has 0 spiro atoms. The minimum atomic E-state index is -3.85. The van der Waals surface area contributed by atoms with Gasteiger partial charge in [0.05, 0.1) is 22.4 Å². The Morgan fingerprint density at radius 3 is 2.93 bits per heavy atom. The summed E-state index contributed by atoms with van der Waals surface area (Å²) in [5, 5.41) is 3.03. The first kappa shape index (κ1) is 18.7. The van der Waals surface area contributed by atoms with Crippen LogP contribution in [0.5, 0.6) is 0 Å². The molecule has 0 bridgehead atoms. The van der Waals surface area contributed by atoms with E-state index in [1.165, 1.54) is 6.07 Å². The standard InChI is InChI=1S/C18H22ClN3O4S/c19-14-10-15-16(9-13(14)18(23)20-11-12-5-4-8-26-12)27(24,25)21-17-6-2-1-3-7-22(15)17/h9-10,12H,1-8,11H2,(H,20,23)/t12-/m1/s1. The van der Waals surface area contributed by atoms with E-state index in [9.17, 15) is 13.2 Å². The van der Waals surface area contributed by atoms with Crippen molar-refractivity contribution in [2.45, 2.75) is 49.5 Å². The van der Waals surface area contributed by atoms with Gasteiger partial charge in [0.1, 0.15) is 10.7 Å². The lowest BCUT2D eigenvalue weighted by Gasteiger charge is -2.30. The third kappa shape index (κ3) is 3.70. The third-order valence-corrected chi connectivity index (χ3v) is 6.84. The van der Waals surface area contributed by atoms with E-state index in [1.807, 2.05) is 4.90 Å². The molecule has 4 rings (SSSR count). The first-order valence-electron chi connectivity index (χ1n) is 9.30. The van der Waals surface area contributed by atoms with Crippen molar-refractivity contribution in [3.63, 3.8) is 0 Å². The Bertz CT molecular complexity index is 894. The molecule has 1 aromatic carbocycles. The van der Waals surface area contributed by atoms with Gasteiger partial charge in [0, 0.05) is 26.1 Å². The van der Waals surface area contributed by atoms with Gasteiger partial charge >= 0.3 is 0 Å². The van der Waals surface area contributed by atoms with E-state index in [0.717, 1.165) is 32.1 Å². The van der Waals surface area contributed by atoms with Gasteiger partial charge in [0.15, 0.2) is 0 Å². The van der Waals surface area contributed by atoms with Gasteiger partial charge in [0.25, 0.3) is 15.9 Å². The lowest BCUT2D eigenvalue weighted by molar-refractivity contribution is 0.0857. The van der Waals surface area contributed by atoms with Gasteiger partial charge in [0.2, 0.25) is 0 Å². The van der Waals surface area contributed by atoms with Crippen molar-refractivity contribution >= 4 is 39.1 Å². The number of sulfonamides is 1. The lowest BCUT2D eigenvalue weighted by Crippen LogP contribution is -2.36. The number of carbonyl (C=O) groups excluding carboxylic acids is 1. The van der Waals surface area contributed by atoms with Crippen LogP contribution in [0.25, 0.3) is 0 Å². The fraction of sp³-hybridized carbons (Fsp3) is 0.556. The van der Waals surface area contributed by atoms with Gasteiger partial charge in [-0.25, -0.2) is 0 Å². The number of hydrogen-bond donors (Lipinski definition) is 1. The second-order valence-electron chi connectivity index (χ2n) is 7.09. The number of nitrogens with zero attached hydrogens (tertiary/aromatic N) is 2. The molecule has 1 atom stereocenters. The van der Waals surface area contributed by atoms with Gasteiger partial charge in [-0.05, 0) is 37.8 Å². The molecule has 0 unspecified atom stereocenters. The Morgan fingerprint density at radius 2 is 2.15 bits per heavy atom. The summed E-state index contributed by atoms with van der Waals surface area (Å²) >= 11 is 6.36. The van der Waals surface area contributed by atoms with Gasteiger partial charge in [-0.3, -0.25) is 4.79 Å². The summed E-state index contributed by atoms with van der Waals surface area (Å²) in [6.07, 6.45) is 5.41. The zero-order chi connectivity index (χ0) is 19.0. The quantitative estimate of drug-likeness (QED) is 0.826. The molecule has 0 saturated carbocycles. The number of halogens is 1. The van der Waals surface area contributed by atoms with Gasteiger partial charge in [-0.1, -0.05) is 18.0 Å². The highest BCUT2D eigenvalue weighted by Gasteiger charge is 2.33. The summed E-state index contributed by atoms with van der Waals surface area (Å²) in [5.74, 6) is 0.158. The van der Waals surface area contributed by atoms with E-state index in [4.69, 9.17) is 16.3 Å². The minimum absolute atomic E-state index is 0.00153. The molecule has 146 valence electrons. The molecular weight excluding hydrogens is 390 g/mol. The molecule has 0 aromatic heterocycles. The smallest absolute Gasteiger partial charge is 0.286 e. The molecule has 2 saturated heterocycles. The molecule has 0 aliphatic carbocycles. The Hall–Kier alpha value is -1.64. The number of nitrogens with one attached hydrogen (secondary N) is 1. The van der Waals surface area contributed by atoms with Crippen molar-refractivity contribution < 1.29 is 17.9 Å². The van der Waals surface area contributed by atoms with Crippen LogP contribution in [0, 0.1) is 0 Å². The van der Waals surface area contributed by atoms with Crippen molar-refractivity contribution in [3.8, 4) is 0 Å². The van der Waals surface area contributed by atoms with Crippen molar-refractivity contribution in [3.05, 3.63) is 22.7 Å². The Morgan fingerprint density at radius 1 is 1.30 bits per heavy atom. The number of ether oxygens (including phenoxy) is 1. The normalized spacial score (nSPS) is 23.8. The molecule has 7 nitrogen and oxygen atoms in total. The van der Waals surface area contributed by atoms with Crippen LogP contribution in [0.4, 0.5) is 5.69 Å². The molecule has 0 radical (unpaired) electrons. The topological polar surface area (TPSA) is 88.1 Å². The van der Waals surface area contributed by atoms with E-state index >= 15 is 0 Å². The first-order chi connectivity index (χ1) is 13.0. The fourth-order valence-corrected chi connectivity index (χ4v) is 5.29. The average Bonchev–Trinajstić information content (AvgIpc) is 3.04. The van der Waals surface area contributed by atoms with Crippen LogP contribution in [0.3, 0.4) is 0 Å². The molecule has 3 heterocycles. The second kappa shape index (κ2) is 7.41. The van der Waals surface area contributed by atoms with Crippen LogP contribution in [-0.4, -0.2) is 46.0 Å². The van der Waals surface area contributed by atoms with Crippen molar-refractivity contribution in [1.82, 2.24) is 5.32 Å². The van der Waals surface area contributed by atoms with E-state index in [-0.39, 0.29) is 21.6 Å². The zero-order valence-electron chi connectivity index (χ0n) is 14.9. The highest BCUT2D eigenvalue weighted by Crippen LogP contribution is 2.37. The predicted molar refractivity (Wildman–Crippen MR) is 103 cm³/mol. The number of amides is 1. The zero-order valence-corrected chi connectivity index (χ0v) is 16.5. The van der Waals surface area contributed by atoms with Gasteiger partial charge in [-0.2, -0.15) is 8.42 Å². The van der Waals surface area contributed by atoms with E-state index in [2.05, 4.69) is 9.71 Å². The maximum atomic E-state index is 12.7. The van der Waals surface area contributed by atoms with Gasteiger partial charge in [-0.15, -0.1) is 4.40 Å². The summed E-state index contributed by atoms with van der Waals surface area (Å²) < 4.78 is 34.9. The number of rotatable bonds is 3. The van der Waals surface area contributed by atoms with Crippen LogP contribution in [-0.2, 0) is 14.8 Å². The summed E-state index contributed by atoms with van der Waals surface area (Å²) in [6.45, 7) is 1.78. The molecule has 1 amide bonds. The molecule has 3 aliphatic rings. The van der Waals surface area contributed by atoms with E-state index in [1.54, 1.807) is 6.07 Å². The highest BCUT2D eigenvalue weighted by molar-refractivity contribution is 7.90. The van der Waals surface area contributed by atoms with E-state index < -0.39 is 15.9 Å². The summed E-state index contributed by atoms with van der Waals surface area (Å²) in [5.41, 5.74) is 0.660. The summed E-state index contributed by atoms with van der Waals surface area (Å²) in [7, 11) is -3.85. The van der Waals surface area contributed by atoms with Crippen LogP contribution >= 0.6 is 11.6 Å².